The average molecular weight is 328 g/mol. The van der Waals surface area contributed by atoms with Crippen LogP contribution < -0.4 is 5.14 Å². The summed E-state index contributed by atoms with van der Waals surface area (Å²) in [7, 11) is -4.64. The summed E-state index contributed by atoms with van der Waals surface area (Å²) >= 11 is 5.63. The van der Waals surface area contributed by atoms with Crippen molar-refractivity contribution < 1.29 is 26.7 Å². The van der Waals surface area contributed by atoms with Gasteiger partial charge in [-0.2, -0.15) is 0 Å². The first-order valence-electron chi connectivity index (χ1n) is 5.28. The standard InChI is InChI=1S/C11H12ClF2NO4S/c1-11(2,3)19-10(16)5-4-6(13)8(14)9(7(5)12)20(15,17)18/h4H,1-3H3,(H2,15,17,18). The number of nitrogens with two attached hydrogens (primary N) is 1. The van der Waals surface area contributed by atoms with E-state index in [2.05, 4.69) is 0 Å². The first-order valence-corrected chi connectivity index (χ1v) is 7.20. The SMILES string of the molecule is CC(C)(C)OC(=O)c1cc(F)c(F)c(S(N)(=O)=O)c1Cl. The topological polar surface area (TPSA) is 86.5 Å². The molecular formula is C11H12ClF2NO4S. The van der Waals surface area contributed by atoms with Crippen molar-refractivity contribution in [3.63, 3.8) is 0 Å². The van der Waals surface area contributed by atoms with Crippen LogP contribution in [-0.4, -0.2) is 20.0 Å². The molecule has 1 rings (SSSR count). The number of sulfonamides is 1. The highest BCUT2D eigenvalue weighted by Gasteiger charge is 2.29. The summed E-state index contributed by atoms with van der Waals surface area (Å²) in [6.07, 6.45) is 0. The van der Waals surface area contributed by atoms with E-state index in [1.54, 1.807) is 20.8 Å². The molecule has 0 spiro atoms. The highest BCUT2D eigenvalue weighted by molar-refractivity contribution is 7.89. The zero-order valence-electron chi connectivity index (χ0n) is 10.8. The lowest BCUT2D eigenvalue weighted by Gasteiger charge is -2.20. The van der Waals surface area contributed by atoms with Gasteiger partial charge in [-0.05, 0) is 26.8 Å². The first-order chi connectivity index (χ1) is 8.84. The Hall–Kier alpha value is -1.25. The summed E-state index contributed by atoms with van der Waals surface area (Å²) < 4.78 is 54.2. The van der Waals surface area contributed by atoms with Crippen LogP contribution in [0.25, 0.3) is 0 Å². The maximum atomic E-state index is 13.5. The largest absolute Gasteiger partial charge is 0.456 e. The third-order valence-electron chi connectivity index (χ3n) is 2.02. The molecule has 0 bridgehead atoms. The van der Waals surface area contributed by atoms with Gasteiger partial charge in [0.25, 0.3) is 0 Å². The predicted octanol–water partition coefficient (Wildman–Crippen LogP) is 2.22. The van der Waals surface area contributed by atoms with Gasteiger partial charge in [-0.25, -0.2) is 27.1 Å². The van der Waals surface area contributed by atoms with Gasteiger partial charge in [0.15, 0.2) is 11.6 Å². The van der Waals surface area contributed by atoms with E-state index in [-0.39, 0.29) is 0 Å². The number of benzene rings is 1. The molecule has 9 heteroatoms. The van der Waals surface area contributed by atoms with E-state index in [1.165, 1.54) is 0 Å². The molecule has 1 aromatic carbocycles. The van der Waals surface area contributed by atoms with Crippen molar-refractivity contribution in [1.82, 2.24) is 0 Å². The van der Waals surface area contributed by atoms with Crippen molar-refractivity contribution in [2.24, 2.45) is 5.14 Å². The van der Waals surface area contributed by atoms with Gasteiger partial charge in [0, 0.05) is 0 Å². The molecule has 20 heavy (non-hydrogen) atoms. The van der Waals surface area contributed by atoms with Crippen LogP contribution in [0.3, 0.4) is 0 Å². The third kappa shape index (κ3) is 3.65. The van der Waals surface area contributed by atoms with Crippen molar-refractivity contribution in [2.75, 3.05) is 0 Å². The smallest absolute Gasteiger partial charge is 0.340 e. The van der Waals surface area contributed by atoms with Gasteiger partial charge in [0.05, 0.1) is 10.6 Å². The molecule has 0 aliphatic heterocycles. The molecule has 0 radical (unpaired) electrons. The minimum atomic E-state index is -4.64. The molecule has 0 aliphatic rings. The van der Waals surface area contributed by atoms with Gasteiger partial charge in [-0.3, -0.25) is 0 Å². The molecule has 0 heterocycles. The minimum absolute atomic E-state index is 0.459. The maximum absolute atomic E-state index is 13.5. The van der Waals surface area contributed by atoms with Crippen LogP contribution in [0.4, 0.5) is 8.78 Å². The van der Waals surface area contributed by atoms with Gasteiger partial charge in [-0.15, -0.1) is 0 Å². The van der Waals surface area contributed by atoms with Crippen molar-refractivity contribution in [3.05, 3.63) is 28.3 Å². The number of ether oxygens (including phenoxy) is 1. The Kier molecular flexibility index (Phi) is 4.42. The van der Waals surface area contributed by atoms with Crippen LogP contribution >= 0.6 is 11.6 Å². The monoisotopic (exact) mass is 327 g/mol. The molecule has 1 aromatic rings. The van der Waals surface area contributed by atoms with E-state index >= 15 is 0 Å². The number of rotatable bonds is 2. The van der Waals surface area contributed by atoms with Crippen LogP contribution in [-0.2, 0) is 14.8 Å². The van der Waals surface area contributed by atoms with Crippen LogP contribution in [0.5, 0.6) is 0 Å². The Bertz CT molecular complexity index is 668. The molecule has 0 atom stereocenters. The zero-order chi connectivity index (χ0) is 15.9. The van der Waals surface area contributed by atoms with Crippen LogP contribution in [0.15, 0.2) is 11.0 Å². The fraction of sp³-hybridized carbons (Fsp3) is 0.364. The van der Waals surface area contributed by atoms with Crippen molar-refractivity contribution in [2.45, 2.75) is 31.3 Å². The molecule has 0 aromatic heterocycles. The highest BCUT2D eigenvalue weighted by Crippen LogP contribution is 2.30. The molecule has 5 nitrogen and oxygen atoms in total. The van der Waals surface area contributed by atoms with Crippen LogP contribution in [0, 0.1) is 11.6 Å². The Morgan fingerprint density at radius 1 is 1.35 bits per heavy atom. The van der Waals surface area contributed by atoms with Crippen molar-refractivity contribution in [3.8, 4) is 0 Å². The van der Waals surface area contributed by atoms with Gasteiger partial charge >= 0.3 is 5.97 Å². The highest BCUT2D eigenvalue weighted by atomic mass is 35.5. The zero-order valence-corrected chi connectivity index (χ0v) is 12.4. The number of hydrogen-bond acceptors (Lipinski definition) is 4. The number of primary sulfonamides is 1. The second-order valence-corrected chi connectivity index (χ2v) is 6.79. The molecule has 112 valence electrons. The summed E-state index contributed by atoms with van der Waals surface area (Å²) in [6.45, 7) is 4.62. The molecule has 0 saturated heterocycles. The summed E-state index contributed by atoms with van der Waals surface area (Å²) in [5.41, 5.74) is -1.54. The van der Waals surface area contributed by atoms with Crippen molar-refractivity contribution >= 4 is 27.6 Å². The van der Waals surface area contributed by atoms with Crippen LogP contribution in [0.1, 0.15) is 31.1 Å². The lowest BCUT2D eigenvalue weighted by Crippen LogP contribution is -2.25. The third-order valence-corrected chi connectivity index (χ3v) is 3.48. The first kappa shape index (κ1) is 16.8. The molecule has 0 saturated carbocycles. The maximum Gasteiger partial charge on any atom is 0.340 e. The molecular weight excluding hydrogens is 316 g/mol. The molecule has 0 aliphatic carbocycles. The molecule has 2 N–H and O–H groups in total. The fourth-order valence-corrected chi connectivity index (χ4v) is 2.56. The number of hydrogen-bond donors (Lipinski definition) is 1. The lowest BCUT2D eigenvalue weighted by atomic mass is 10.1. The Morgan fingerprint density at radius 2 is 1.85 bits per heavy atom. The molecule has 0 unspecified atom stereocenters. The van der Waals surface area contributed by atoms with Gasteiger partial charge in [0.2, 0.25) is 10.0 Å². The predicted molar refractivity (Wildman–Crippen MR) is 67.9 cm³/mol. The molecule has 0 amide bonds. The van der Waals surface area contributed by atoms with E-state index in [4.69, 9.17) is 21.5 Å². The number of carbonyl (C=O) groups excluding carboxylic acids is 1. The van der Waals surface area contributed by atoms with Crippen LogP contribution in [0.2, 0.25) is 5.02 Å². The fourth-order valence-electron chi connectivity index (χ4n) is 1.31. The van der Waals surface area contributed by atoms with Gasteiger partial charge < -0.3 is 4.74 Å². The van der Waals surface area contributed by atoms with E-state index in [1.807, 2.05) is 0 Å². The molecule has 0 fully saturated rings. The average Bonchev–Trinajstić information content (AvgIpc) is 2.18. The Labute approximate surface area is 119 Å². The summed E-state index contributed by atoms with van der Waals surface area (Å²) in [5, 5.41) is 3.93. The number of carbonyl (C=O) groups is 1. The Morgan fingerprint density at radius 3 is 2.25 bits per heavy atom. The summed E-state index contributed by atoms with van der Waals surface area (Å²) in [6, 6.07) is 0.459. The van der Waals surface area contributed by atoms with E-state index < -0.39 is 48.7 Å². The number of esters is 1. The summed E-state index contributed by atoms with van der Waals surface area (Å²) in [5.74, 6) is -4.41. The van der Waals surface area contributed by atoms with Gasteiger partial charge in [-0.1, -0.05) is 11.6 Å². The van der Waals surface area contributed by atoms with E-state index in [9.17, 15) is 22.0 Å². The number of halogens is 3. The minimum Gasteiger partial charge on any atom is -0.456 e. The normalized spacial score (nSPS) is 12.3. The van der Waals surface area contributed by atoms with E-state index in [0.29, 0.717) is 6.07 Å². The summed E-state index contributed by atoms with van der Waals surface area (Å²) in [4.78, 5) is 10.5. The Balaban J connectivity index is 3.53. The second-order valence-electron chi connectivity index (χ2n) is 4.91. The second kappa shape index (κ2) is 5.27. The van der Waals surface area contributed by atoms with Crippen molar-refractivity contribution in [1.29, 1.82) is 0 Å². The van der Waals surface area contributed by atoms with E-state index in [0.717, 1.165) is 0 Å². The lowest BCUT2D eigenvalue weighted by molar-refractivity contribution is 0.00688. The quantitative estimate of drug-likeness (QED) is 0.666. The van der Waals surface area contributed by atoms with Gasteiger partial charge in [0.1, 0.15) is 10.5 Å².